The molecule has 0 spiro atoms. The molecule has 0 bridgehead atoms. The number of benzene rings is 8. The Hall–Kier alpha value is -7.74. The molecule has 4 nitrogen and oxygen atoms in total. The number of pyridine rings is 1. The van der Waals surface area contributed by atoms with E-state index < -0.39 is 0 Å². The number of rotatable bonds is 6. The van der Waals surface area contributed by atoms with Gasteiger partial charge in [0.15, 0.2) is 5.82 Å². The Kier molecular flexibility index (Phi) is 8.17. The summed E-state index contributed by atoms with van der Waals surface area (Å²) < 4.78 is 0. The Bertz CT molecular complexity index is 3120. The zero-order valence-corrected chi connectivity index (χ0v) is 30.3. The van der Waals surface area contributed by atoms with Crippen molar-refractivity contribution in [2.75, 3.05) is 0 Å². The molecule has 0 saturated heterocycles. The summed E-state index contributed by atoms with van der Waals surface area (Å²) in [4.78, 5) is 14.7. The molecule has 0 atom stereocenters. The molecule has 0 aliphatic rings. The molecule has 0 amide bonds. The lowest BCUT2D eigenvalue weighted by Gasteiger charge is -2.14. The highest BCUT2D eigenvalue weighted by molar-refractivity contribution is 6.05. The van der Waals surface area contributed by atoms with Crippen LogP contribution in [-0.2, 0) is 0 Å². The second kappa shape index (κ2) is 13.9. The lowest BCUT2D eigenvalue weighted by atomic mass is 9.89. The standard InChI is InChI=1S/C52H32N4/c53-33-34-30-41(35-19-21-37(22-20-35)45-17-8-12-38-13-9-29-54-50(38)45)32-42(31-34)44-28-27-43(46-14-4-5-15-47(44)46)36-23-25-40(26-24-36)52-55-49-18-7-6-16-48(49)51(56-52)39-10-2-1-3-11-39/h1-32H. The Labute approximate surface area is 324 Å². The average molecular weight is 713 g/mol. The van der Waals surface area contributed by atoms with Gasteiger partial charge in [-0.05, 0) is 80.0 Å². The Balaban J connectivity index is 1.00. The van der Waals surface area contributed by atoms with Gasteiger partial charge >= 0.3 is 0 Å². The highest BCUT2D eigenvalue weighted by Gasteiger charge is 2.15. The van der Waals surface area contributed by atoms with Crippen LogP contribution in [0.1, 0.15) is 5.56 Å². The third kappa shape index (κ3) is 5.94. The maximum atomic E-state index is 10.1. The number of para-hydroxylation sites is 2. The fraction of sp³-hybridized carbons (Fsp3) is 0. The number of hydrogen-bond acceptors (Lipinski definition) is 4. The van der Waals surface area contributed by atoms with Crippen molar-refractivity contribution < 1.29 is 0 Å². The van der Waals surface area contributed by atoms with Crippen LogP contribution < -0.4 is 0 Å². The first-order chi connectivity index (χ1) is 27.7. The smallest absolute Gasteiger partial charge is 0.160 e. The highest BCUT2D eigenvalue weighted by Crippen LogP contribution is 2.39. The molecule has 0 saturated carbocycles. The number of nitrogens with zero attached hydrogens (tertiary/aromatic N) is 4. The summed E-state index contributed by atoms with van der Waals surface area (Å²) in [5.74, 6) is 0.697. The lowest BCUT2D eigenvalue weighted by molar-refractivity contribution is 1.23. The van der Waals surface area contributed by atoms with Gasteiger partial charge in [0.05, 0.1) is 28.4 Å². The van der Waals surface area contributed by atoms with Crippen molar-refractivity contribution in [1.82, 2.24) is 15.0 Å². The van der Waals surface area contributed by atoms with Crippen LogP contribution in [0.25, 0.3) is 99.7 Å². The maximum Gasteiger partial charge on any atom is 0.160 e. The predicted octanol–water partition coefficient (Wildman–Crippen LogP) is 13.2. The first-order valence-electron chi connectivity index (χ1n) is 18.7. The zero-order chi connectivity index (χ0) is 37.4. The number of hydrogen-bond donors (Lipinski definition) is 0. The summed E-state index contributed by atoms with van der Waals surface area (Å²) in [6, 6.07) is 67.3. The molecule has 2 heterocycles. The van der Waals surface area contributed by atoms with Crippen LogP contribution in [0.15, 0.2) is 194 Å². The van der Waals surface area contributed by atoms with Gasteiger partial charge in [-0.2, -0.15) is 5.26 Å². The molecule has 260 valence electrons. The minimum atomic E-state index is 0.620. The van der Waals surface area contributed by atoms with Gasteiger partial charge in [-0.15, -0.1) is 0 Å². The molecule has 2 aromatic heterocycles. The second-order valence-corrected chi connectivity index (χ2v) is 13.9. The van der Waals surface area contributed by atoms with Crippen molar-refractivity contribution in [3.8, 4) is 73.2 Å². The summed E-state index contributed by atoms with van der Waals surface area (Å²) >= 11 is 0. The Morgan fingerprint density at radius 2 is 1.00 bits per heavy atom. The van der Waals surface area contributed by atoms with Gasteiger partial charge in [0.2, 0.25) is 0 Å². The molecule has 0 aliphatic carbocycles. The van der Waals surface area contributed by atoms with E-state index in [2.05, 4.69) is 145 Å². The van der Waals surface area contributed by atoms with E-state index >= 15 is 0 Å². The van der Waals surface area contributed by atoms with Crippen molar-refractivity contribution in [2.24, 2.45) is 0 Å². The van der Waals surface area contributed by atoms with E-state index in [0.29, 0.717) is 11.4 Å². The van der Waals surface area contributed by atoms with E-state index in [0.717, 1.165) is 93.9 Å². The summed E-state index contributed by atoms with van der Waals surface area (Å²) in [5.41, 5.74) is 14.0. The van der Waals surface area contributed by atoms with E-state index in [1.807, 2.05) is 60.8 Å². The number of aromatic nitrogens is 3. The minimum Gasteiger partial charge on any atom is -0.256 e. The summed E-state index contributed by atoms with van der Waals surface area (Å²) in [6.45, 7) is 0. The van der Waals surface area contributed by atoms with Crippen LogP contribution in [0.4, 0.5) is 0 Å². The van der Waals surface area contributed by atoms with Gasteiger partial charge < -0.3 is 0 Å². The summed E-state index contributed by atoms with van der Waals surface area (Å²) in [7, 11) is 0. The molecule has 0 radical (unpaired) electrons. The lowest BCUT2D eigenvalue weighted by Crippen LogP contribution is -1.95. The van der Waals surface area contributed by atoms with E-state index in [4.69, 9.17) is 9.97 Å². The van der Waals surface area contributed by atoms with Gasteiger partial charge in [-0.1, -0.05) is 158 Å². The molecular weight excluding hydrogens is 681 g/mol. The fourth-order valence-corrected chi connectivity index (χ4v) is 7.82. The minimum absolute atomic E-state index is 0.620. The van der Waals surface area contributed by atoms with Crippen molar-refractivity contribution in [2.45, 2.75) is 0 Å². The predicted molar refractivity (Wildman–Crippen MR) is 230 cm³/mol. The third-order valence-corrected chi connectivity index (χ3v) is 10.6. The van der Waals surface area contributed by atoms with Crippen molar-refractivity contribution >= 4 is 32.6 Å². The fourth-order valence-electron chi connectivity index (χ4n) is 7.82. The molecule has 56 heavy (non-hydrogen) atoms. The molecule has 8 aromatic carbocycles. The van der Waals surface area contributed by atoms with E-state index in [-0.39, 0.29) is 0 Å². The van der Waals surface area contributed by atoms with Gasteiger partial charge in [0.25, 0.3) is 0 Å². The van der Waals surface area contributed by atoms with Crippen LogP contribution in [0.2, 0.25) is 0 Å². The quantitative estimate of drug-likeness (QED) is 0.172. The van der Waals surface area contributed by atoms with E-state index in [1.165, 1.54) is 0 Å². The van der Waals surface area contributed by atoms with Crippen LogP contribution >= 0.6 is 0 Å². The molecule has 10 rings (SSSR count). The zero-order valence-electron chi connectivity index (χ0n) is 30.3. The molecule has 0 N–H and O–H groups in total. The Morgan fingerprint density at radius 1 is 0.393 bits per heavy atom. The Morgan fingerprint density at radius 3 is 1.75 bits per heavy atom. The SMILES string of the molecule is N#Cc1cc(-c2ccc(-c3cccc4cccnc34)cc2)cc(-c2ccc(-c3ccc(-c4nc(-c5ccccc5)c5ccccc5n4)cc3)c3ccccc23)c1. The molecule has 0 fully saturated rings. The van der Waals surface area contributed by atoms with Crippen LogP contribution in [0.5, 0.6) is 0 Å². The van der Waals surface area contributed by atoms with Crippen molar-refractivity contribution in [1.29, 1.82) is 5.26 Å². The first kappa shape index (κ1) is 32.9. The van der Waals surface area contributed by atoms with Gasteiger partial charge in [-0.25, -0.2) is 9.97 Å². The number of fused-ring (bicyclic) bond motifs is 3. The van der Waals surface area contributed by atoms with E-state index in [9.17, 15) is 5.26 Å². The molecule has 0 unspecified atom stereocenters. The first-order valence-corrected chi connectivity index (χ1v) is 18.7. The van der Waals surface area contributed by atoms with Crippen molar-refractivity contribution in [3.05, 3.63) is 200 Å². The van der Waals surface area contributed by atoms with E-state index in [1.54, 1.807) is 0 Å². The van der Waals surface area contributed by atoms with Gasteiger partial charge in [0, 0.05) is 33.7 Å². The largest absolute Gasteiger partial charge is 0.256 e. The molecule has 10 aromatic rings. The monoisotopic (exact) mass is 712 g/mol. The molecular formula is C52H32N4. The normalized spacial score (nSPS) is 11.2. The second-order valence-electron chi connectivity index (χ2n) is 13.9. The van der Waals surface area contributed by atoms with Crippen LogP contribution in [0, 0.1) is 11.3 Å². The molecule has 4 heteroatoms. The molecule has 0 aliphatic heterocycles. The highest BCUT2D eigenvalue weighted by atomic mass is 14.9. The van der Waals surface area contributed by atoms with Crippen LogP contribution in [0.3, 0.4) is 0 Å². The maximum absolute atomic E-state index is 10.1. The van der Waals surface area contributed by atoms with Gasteiger partial charge in [-0.3, -0.25) is 4.98 Å². The van der Waals surface area contributed by atoms with Gasteiger partial charge in [0.1, 0.15) is 0 Å². The van der Waals surface area contributed by atoms with Crippen molar-refractivity contribution in [3.63, 3.8) is 0 Å². The summed E-state index contributed by atoms with van der Waals surface area (Å²) in [6.07, 6.45) is 1.84. The average Bonchev–Trinajstić information content (AvgIpc) is 3.28. The summed E-state index contributed by atoms with van der Waals surface area (Å²) in [5, 5.41) is 14.6. The topological polar surface area (TPSA) is 62.5 Å². The third-order valence-electron chi connectivity index (χ3n) is 10.6. The van der Waals surface area contributed by atoms with Crippen LogP contribution in [-0.4, -0.2) is 15.0 Å². The number of nitriles is 1.